The zero-order valence-electron chi connectivity index (χ0n) is 21.2. The van der Waals surface area contributed by atoms with Crippen molar-refractivity contribution in [2.75, 3.05) is 28.4 Å². The molecule has 37 heavy (non-hydrogen) atoms. The highest BCUT2D eigenvalue weighted by Crippen LogP contribution is 2.42. The standard InChI is InChI=1S/C29H28O8/c1-32-22-12-11-20(16-23(22)36-17-18-8-6-5-7-9-18)27-26(29(31)35-4)21-14-19(10-13-25(30)34-3)15-24(33-2)28(21)37-27/h5-9,11-12,14-16H,10,13,17H2,1-4H3. The number of hydrogen-bond donors (Lipinski definition) is 0. The van der Waals surface area contributed by atoms with Crippen molar-refractivity contribution in [3.05, 3.63) is 77.4 Å². The highest BCUT2D eigenvalue weighted by molar-refractivity contribution is 6.10. The van der Waals surface area contributed by atoms with E-state index >= 15 is 0 Å². The van der Waals surface area contributed by atoms with Crippen LogP contribution in [-0.4, -0.2) is 40.4 Å². The van der Waals surface area contributed by atoms with Crippen molar-refractivity contribution in [2.45, 2.75) is 19.4 Å². The molecular formula is C29H28O8. The Morgan fingerprint density at radius 1 is 0.784 bits per heavy atom. The van der Waals surface area contributed by atoms with Crippen molar-refractivity contribution >= 4 is 22.9 Å². The maximum absolute atomic E-state index is 13.0. The van der Waals surface area contributed by atoms with Gasteiger partial charge in [0.05, 0.1) is 28.4 Å². The molecule has 4 rings (SSSR count). The summed E-state index contributed by atoms with van der Waals surface area (Å²) in [6, 6.07) is 18.6. The van der Waals surface area contributed by atoms with Gasteiger partial charge in [0.2, 0.25) is 0 Å². The number of esters is 2. The van der Waals surface area contributed by atoms with E-state index in [1.807, 2.05) is 30.3 Å². The highest BCUT2D eigenvalue weighted by atomic mass is 16.5. The van der Waals surface area contributed by atoms with Crippen molar-refractivity contribution in [3.8, 4) is 28.6 Å². The zero-order valence-corrected chi connectivity index (χ0v) is 21.2. The number of furan rings is 1. The molecule has 0 aliphatic carbocycles. The number of hydrogen-bond acceptors (Lipinski definition) is 8. The number of benzene rings is 3. The third-order valence-electron chi connectivity index (χ3n) is 5.93. The van der Waals surface area contributed by atoms with Crippen molar-refractivity contribution in [1.29, 1.82) is 0 Å². The van der Waals surface area contributed by atoms with Gasteiger partial charge in [0.25, 0.3) is 0 Å². The Hall–Kier alpha value is -4.46. The molecule has 0 spiro atoms. The summed E-state index contributed by atoms with van der Waals surface area (Å²) in [4.78, 5) is 24.6. The molecule has 1 heterocycles. The van der Waals surface area contributed by atoms with Gasteiger partial charge in [0, 0.05) is 17.4 Å². The zero-order chi connectivity index (χ0) is 26.4. The molecule has 192 valence electrons. The molecule has 8 nitrogen and oxygen atoms in total. The first-order valence-electron chi connectivity index (χ1n) is 11.6. The summed E-state index contributed by atoms with van der Waals surface area (Å²) in [6.07, 6.45) is 0.587. The van der Waals surface area contributed by atoms with Crippen molar-refractivity contribution in [1.82, 2.24) is 0 Å². The van der Waals surface area contributed by atoms with Crippen molar-refractivity contribution in [2.24, 2.45) is 0 Å². The first kappa shape index (κ1) is 25.6. The number of carbonyl (C=O) groups is 2. The van der Waals surface area contributed by atoms with Gasteiger partial charge in [-0.3, -0.25) is 4.79 Å². The van der Waals surface area contributed by atoms with Crippen LogP contribution in [-0.2, 0) is 27.3 Å². The topological polar surface area (TPSA) is 93.4 Å². The molecule has 1 aromatic heterocycles. The SMILES string of the molecule is COC(=O)CCc1cc(OC)c2oc(-c3ccc(OC)c(OCc4ccccc4)c3)c(C(=O)OC)c2c1. The third kappa shape index (κ3) is 5.53. The maximum atomic E-state index is 13.0. The largest absolute Gasteiger partial charge is 0.493 e. The summed E-state index contributed by atoms with van der Waals surface area (Å²) in [6.45, 7) is 0.335. The molecule has 0 unspecified atom stereocenters. The Morgan fingerprint density at radius 3 is 2.22 bits per heavy atom. The minimum atomic E-state index is -0.566. The molecule has 0 amide bonds. The van der Waals surface area contributed by atoms with Crippen LogP contribution in [0.2, 0.25) is 0 Å². The predicted molar refractivity (Wildman–Crippen MR) is 137 cm³/mol. The van der Waals surface area contributed by atoms with E-state index in [2.05, 4.69) is 0 Å². The van der Waals surface area contributed by atoms with E-state index in [9.17, 15) is 9.59 Å². The van der Waals surface area contributed by atoms with Gasteiger partial charge < -0.3 is 28.1 Å². The van der Waals surface area contributed by atoms with Gasteiger partial charge in [-0.15, -0.1) is 0 Å². The smallest absolute Gasteiger partial charge is 0.342 e. The second kappa shape index (κ2) is 11.5. The number of ether oxygens (including phenoxy) is 5. The predicted octanol–water partition coefficient (Wildman–Crippen LogP) is 5.59. The average molecular weight is 505 g/mol. The van der Waals surface area contributed by atoms with Gasteiger partial charge in [-0.2, -0.15) is 0 Å². The van der Waals surface area contributed by atoms with Crippen LogP contribution in [0.15, 0.2) is 65.1 Å². The summed E-state index contributed by atoms with van der Waals surface area (Å²) >= 11 is 0. The lowest BCUT2D eigenvalue weighted by molar-refractivity contribution is -0.140. The van der Waals surface area contributed by atoms with E-state index in [0.717, 1.165) is 11.1 Å². The number of carbonyl (C=O) groups excluding carboxylic acids is 2. The molecular weight excluding hydrogens is 476 g/mol. The van der Waals surface area contributed by atoms with E-state index in [4.69, 9.17) is 28.1 Å². The van der Waals surface area contributed by atoms with Crippen LogP contribution >= 0.6 is 0 Å². The first-order valence-corrected chi connectivity index (χ1v) is 11.6. The van der Waals surface area contributed by atoms with Crippen LogP contribution in [0.25, 0.3) is 22.3 Å². The third-order valence-corrected chi connectivity index (χ3v) is 5.93. The van der Waals surface area contributed by atoms with Gasteiger partial charge in [0.15, 0.2) is 22.8 Å². The number of fused-ring (bicyclic) bond motifs is 1. The van der Waals surface area contributed by atoms with E-state index in [0.29, 0.717) is 52.6 Å². The van der Waals surface area contributed by atoms with Crippen LogP contribution in [0, 0.1) is 0 Å². The molecule has 8 heteroatoms. The molecule has 0 atom stereocenters. The normalized spacial score (nSPS) is 10.7. The van der Waals surface area contributed by atoms with E-state index < -0.39 is 5.97 Å². The quantitative estimate of drug-likeness (QED) is 0.258. The van der Waals surface area contributed by atoms with E-state index in [-0.39, 0.29) is 18.0 Å². The lowest BCUT2D eigenvalue weighted by Gasteiger charge is -2.12. The van der Waals surface area contributed by atoms with Crippen LogP contribution in [0.4, 0.5) is 0 Å². The second-order valence-electron chi connectivity index (χ2n) is 8.19. The lowest BCUT2D eigenvalue weighted by atomic mass is 10.0. The van der Waals surface area contributed by atoms with Crippen LogP contribution in [0.3, 0.4) is 0 Å². The summed E-state index contributed by atoms with van der Waals surface area (Å²) in [5.74, 6) is 0.870. The van der Waals surface area contributed by atoms with E-state index in [1.54, 1.807) is 37.4 Å². The lowest BCUT2D eigenvalue weighted by Crippen LogP contribution is -2.04. The number of methoxy groups -OCH3 is 4. The molecule has 0 saturated carbocycles. The molecule has 3 aromatic carbocycles. The molecule has 0 radical (unpaired) electrons. The van der Waals surface area contributed by atoms with Gasteiger partial charge >= 0.3 is 11.9 Å². The van der Waals surface area contributed by atoms with E-state index in [1.165, 1.54) is 21.3 Å². The summed E-state index contributed by atoms with van der Waals surface area (Å²) in [7, 11) is 5.73. The van der Waals surface area contributed by atoms with Crippen molar-refractivity contribution in [3.63, 3.8) is 0 Å². The second-order valence-corrected chi connectivity index (χ2v) is 8.19. The van der Waals surface area contributed by atoms with Gasteiger partial charge in [0.1, 0.15) is 17.9 Å². The Balaban J connectivity index is 1.80. The summed E-state index contributed by atoms with van der Waals surface area (Å²) < 4.78 is 33.2. The van der Waals surface area contributed by atoms with Gasteiger partial charge in [-0.05, 0) is 47.9 Å². The number of aryl methyl sites for hydroxylation is 1. The molecule has 0 aliphatic heterocycles. The molecule has 0 aliphatic rings. The van der Waals surface area contributed by atoms with Crippen molar-refractivity contribution < 1.29 is 37.7 Å². The minimum Gasteiger partial charge on any atom is -0.493 e. The summed E-state index contributed by atoms with van der Waals surface area (Å²) in [5.41, 5.74) is 3.02. The highest BCUT2D eigenvalue weighted by Gasteiger charge is 2.26. The van der Waals surface area contributed by atoms with Gasteiger partial charge in [-0.25, -0.2) is 4.79 Å². The minimum absolute atomic E-state index is 0.185. The fourth-order valence-electron chi connectivity index (χ4n) is 4.04. The van der Waals surface area contributed by atoms with Crippen LogP contribution in [0.1, 0.15) is 27.9 Å². The number of rotatable bonds is 10. The van der Waals surface area contributed by atoms with Crippen LogP contribution in [0.5, 0.6) is 17.2 Å². The Labute approximate surface area is 214 Å². The Kier molecular flexibility index (Phi) is 7.98. The Bertz CT molecular complexity index is 1400. The van der Waals surface area contributed by atoms with Crippen LogP contribution < -0.4 is 14.2 Å². The molecule has 0 bridgehead atoms. The molecule has 0 fully saturated rings. The van der Waals surface area contributed by atoms with Gasteiger partial charge in [-0.1, -0.05) is 30.3 Å². The molecule has 4 aromatic rings. The molecule has 0 saturated heterocycles. The maximum Gasteiger partial charge on any atom is 0.342 e. The fraction of sp³-hybridized carbons (Fsp3) is 0.241. The first-order chi connectivity index (χ1) is 18.0. The Morgan fingerprint density at radius 2 is 1.54 bits per heavy atom. The monoisotopic (exact) mass is 504 g/mol. The fourth-order valence-corrected chi connectivity index (χ4v) is 4.04. The molecule has 0 N–H and O–H groups in total. The average Bonchev–Trinajstić information content (AvgIpc) is 3.33. The summed E-state index contributed by atoms with van der Waals surface area (Å²) in [5, 5.41) is 0.517.